The molecule has 2 aromatic carbocycles. The predicted octanol–water partition coefficient (Wildman–Crippen LogP) is 1.44. The Morgan fingerprint density at radius 3 is 2.69 bits per heavy atom. The van der Waals surface area contributed by atoms with E-state index in [4.69, 9.17) is 4.74 Å². The molecule has 1 heterocycles. The van der Waals surface area contributed by atoms with Crippen molar-refractivity contribution in [2.75, 3.05) is 13.7 Å². The number of nitrogens with zero attached hydrogens (tertiary/aromatic N) is 1. The minimum Gasteiger partial charge on any atom is -0.496 e. The van der Waals surface area contributed by atoms with Crippen LogP contribution in [0, 0.1) is 0 Å². The summed E-state index contributed by atoms with van der Waals surface area (Å²) in [5.41, 5.74) is 1.41. The van der Waals surface area contributed by atoms with E-state index in [0.717, 1.165) is 5.56 Å². The Labute approximate surface area is 152 Å². The van der Waals surface area contributed by atoms with Crippen LogP contribution in [0.3, 0.4) is 0 Å². The fraction of sp³-hybridized carbons (Fsp3) is 0.222. The highest BCUT2D eigenvalue weighted by atomic mass is 32.2. The Bertz CT molecular complexity index is 954. The van der Waals surface area contributed by atoms with E-state index in [1.807, 2.05) is 24.3 Å². The van der Waals surface area contributed by atoms with E-state index < -0.39 is 10.0 Å². The van der Waals surface area contributed by atoms with Gasteiger partial charge in [-0.3, -0.25) is 14.5 Å². The quantitative estimate of drug-likeness (QED) is 0.801. The van der Waals surface area contributed by atoms with Gasteiger partial charge in [-0.2, -0.15) is 0 Å². The first-order chi connectivity index (χ1) is 12.5. The van der Waals surface area contributed by atoms with Crippen molar-refractivity contribution >= 4 is 21.8 Å². The number of hydrogen-bond acceptors (Lipinski definition) is 5. The number of methoxy groups -OCH3 is 1. The number of ether oxygens (including phenoxy) is 1. The zero-order valence-corrected chi connectivity index (χ0v) is 15.0. The second-order valence-corrected chi connectivity index (χ2v) is 7.32. The highest BCUT2D eigenvalue weighted by Crippen LogP contribution is 2.22. The van der Waals surface area contributed by atoms with Gasteiger partial charge in [0.2, 0.25) is 5.91 Å². The maximum atomic E-state index is 12.0. The van der Waals surface area contributed by atoms with Gasteiger partial charge in [-0.05, 0) is 18.2 Å². The van der Waals surface area contributed by atoms with Crippen molar-refractivity contribution in [2.24, 2.45) is 4.99 Å². The standard InChI is InChI=1S/C18H19N3O4S/c1-25-15-8-4-2-6-13(15)12-20-17(22)10-11-19-18-14-7-3-5-9-16(14)26(23,24)21-18/h2-9H,10-12H2,1H3,(H,19,21)(H,20,22). The number of sulfonamides is 1. The van der Waals surface area contributed by atoms with Gasteiger partial charge in [0.05, 0.1) is 18.6 Å². The first-order valence-corrected chi connectivity index (χ1v) is 9.55. The summed E-state index contributed by atoms with van der Waals surface area (Å²) in [7, 11) is -1.97. The monoisotopic (exact) mass is 373 g/mol. The lowest BCUT2D eigenvalue weighted by molar-refractivity contribution is -0.121. The van der Waals surface area contributed by atoms with E-state index in [1.54, 1.807) is 25.3 Å². The van der Waals surface area contributed by atoms with E-state index in [0.29, 0.717) is 17.9 Å². The fourth-order valence-electron chi connectivity index (χ4n) is 2.65. The molecule has 0 aromatic heterocycles. The molecule has 26 heavy (non-hydrogen) atoms. The Balaban J connectivity index is 1.57. The highest BCUT2D eigenvalue weighted by Gasteiger charge is 2.29. The molecule has 0 saturated carbocycles. The third-order valence-electron chi connectivity index (χ3n) is 3.94. The molecule has 8 heteroatoms. The molecule has 1 amide bonds. The topological polar surface area (TPSA) is 96.9 Å². The number of amides is 1. The average molecular weight is 373 g/mol. The Hall–Kier alpha value is -2.87. The molecule has 1 aliphatic heterocycles. The molecular formula is C18H19N3O4S. The number of benzene rings is 2. The smallest absolute Gasteiger partial charge is 0.263 e. The van der Waals surface area contributed by atoms with Crippen molar-refractivity contribution in [3.05, 3.63) is 59.7 Å². The summed E-state index contributed by atoms with van der Waals surface area (Å²) >= 11 is 0. The molecule has 136 valence electrons. The largest absolute Gasteiger partial charge is 0.496 e. The number of rotatable bonds is 6. The maximum Gasteiger partial charge on any atom is 0.263 e. The van der Waals surface area contributed by atoms with E-state index in [1.165, 1.54) is 6.07 Å². The molecule has 0 bridgehead atoms. The third kappa shape index (κ3) is 3.85. The second-order valence-electron chi connectivity index (χ2n) is 5.67. The fourth-order valence-corrected chi connectivity index (χ4v) is 3.90. The summed E-state index contributed by atoms with van der Waals surface area (Å²) in [6.07, 6.45) is 0.155. The molecular weight excluding hydrogens is 354 g/mol. The molecule has 2 N–H and O–H groups in total. The predicted molar refractivity (Wildman–Crippen MR) is 97.6 cm³/mol. The summed E-state index contributed by atoms with van der Waals surface area (Å²) in [6.45, 7) is 0.541. The molecule has 2 aromatic rings. The zero-order chi connectivity index (χ0) is 18.6. The van der Waals surface area contributed by atoms with Gasteiger partial charge >= 0.3 is 0 Å². The van der Waals surface area contributed by atoms with Gasteiger partial charge < -0.3 is 10.1 Å². The molecule has 0 radical (unpaired) electrons. The van der Waals surface area contributed by atoms with Crippen LogP contribution >= 0.6 is 0 Å². The molecule has 0 fully saturated rings. The summed E-state index contributed by atoms with van der Waals surface area (Å²) in [5.74, 6) is 0.817. The van der Waals surface area contributed by atoms with Crippen molar-refractivity contribution in [2.45, 2.75) is 17.9 Å². The van der Waals surface area contributed by atoms with Crippen LogP contribution in [0.5, 0.6) is 5.75 Å². The first kappa shape index (κ1) is 17.9. The van der Waals surface area contributed by atoms with Crippen molar-refractivity contribution in [3.63, 3.8) is 0 Å². The number of para-hydroxylation sites is 1. The molecule has 0 atom stereocenters. The van der Waals surface area contributed by atoms with E-state index >= 15 is 0 Å². The second kappa shape index (κ2) is 7.57. The minimum atomic E-state index is -3.55. The SMILES string of the molecule is COc1ccccc1CNC(=O)CCN=C1NS(=O)(=O)c2ccccc21. The molecule has 7 nitrogen and oxygen atoms in total. The number of aliphatic imine (C=N–C) groups is 1. The Morgan fingerprint density at radius 2 is 1.88 bits per heavy atom. The van der Waals surface area contributed by atoms with E-state index in [2.05, 4.69) is 15.0 Å². The van der Waals surface area contributed by atoms with Crippen LogP contribution in [0.4, 0.5) is 0 Å². The van der Waals surface area contributed by atoms with E-state index in [-0.39, 0.29) is 29.6 Å². The lowest BCUT2D eigenvalue weighted by Gasteiger charge is -2.09. The average Bonchev–Trinajstić information content (AvgIpc) is 2.91. The number of hydrogen-bond donors (Lipinski definition) is 2. The van der Waals surface area contributed by atoms with Crippen LogP contribution in [-0.4, -0.2) is 33.8 Å². The van der Waals surface area contributed by atoms with Gasteiger partial charge in [0, 0.05) is 24.1 Å². The minimum absolute atomic E-state index is 0.155. The number of carbonyl (C=O) groups excluding carboxylic acids is 1. The summed E-state index contributed by atoms with van der Waals surface area (Å²) in [4.78, 5) is 16.4. The maximum absolute atomic E-state index is 12.0. The third-order valence-corrected chi connectivity index (χ3v) is 5.34. The molecule has 0 saturated heterocycles. The van der Waals surface area contributed by atoms with Crippen LogP contribution in [-0.2, 0) is 21.4 Å². The van der Waals surface area contributed by atoms with Crippen molar-refractivity contribution in [1.82, 2.24) is 10.0 Å². The molecule has 0 spiro atoms. The lowest BCUT2D eigenvalue weighted by atomic mass is 10.2. The van der Waals surface area contributed by atoms with Gasteiger partial charge in [-0.15, -0.1) is 0 Å². The molecule has 1 aliphatic rings. The zero-order valence-electron chi connectivity index (χ0n) is 14.2. The van der Waals surface area contributed by atoms with Gasteiger partial charge in [0.1, 0.15) is 11.6 Å². The molecule has 0 aliphatic carbocycles. The summed E-state index contributed by atoms with van der Waals surface area (Å²) in [6, 6.07) is 14.1. The Morgan fingerprint density at radius 1 is 1.15 bits per heavy atom. The van der Waals surface area contributed by atoms with Crippen LogP contribution in [0.1, 0.15) is 17.5 Å². The van der Waals surface area contributed by atoms with Crippen LogP contribution < -0.4 is 14.8 Å². The normalized spacial score (nSPS) is 16.0. The Kier molecular flexibility index (Phi) is 5.22. The number of amidine groups is 1. The van der Waals surface area contributed by atoms with Crippen molar-refractivity contribution < 1.29 is 17.9 Å². The van der Waals surface area contributed by atoms with Crippen molar-refractivity contribution in [1.29, 1.82) is 0 Å². The van der Waals surface area contributed by atoms with Gasteiger partial charge in [0.15, 0.2) is 0 Å². The summed E-state index contributed by atoms with van der Waals surface area (Å²) in [5, 5.41) is 2.81. The number of fused-ring (bicyclic) bond motifs is 1. The van der Waals surface area contributed by atoms with Crippen molar-refractivity contribution in [3.8, 4) is 5.75 Å². The molecule has 3 rings (SSSR count). The number of nitrogens with one attached hydrogen (secondary N) is 2. The van der Waals surface area contributed by atoms with Crippen LogP contribution in [0.15, 0.2) is 58.4 Å². The number of carbonyl (C=O) groups is 1. The first-order valence-electron chi connectivity index (χ1n) is 8.06. The van der Waals surface area contributed by atoms with Gasteiger partial charge in [-0.25, -0.2) is 8.42 Å². The molecule has 0 unspecified atom stereocenters. The summed E-state index contributed by atoms with van der Waals surface area (Å²) < 4.78 is 31.7. The highest BCUT2D eigenvalue weighted by molar-refractivity contribution is 7.90. The van der Waals surface area contributed by atoms with Gasteiger partial charge in [-0.1, -0.05) is 30.3 Å². The van der Waals surface area contributed by atoms with Crippen LogP contribution in [0.25, 0.3) is 0 Å². The van der Waals surface area contributed by atoms with E-state index in [9.17, 15) is 13.2 Å². The van der Waals surface area contributed by atoms with Gasteiger partial charge in [0.25, 0.3) is 10.0 Å². The lowest BCUT2D eigenvalue weighted by Crippen LogP contribution is -2.25. The van der Waals surface area contributed by atoms with Crippen LogP contribution in [0.2, 0.25) is 0 Å².